The van der Waals surface area contributed by atoms with Crippen LogP contribution in [0.4, 0.5) is 0 Å². The molecule has 1 aliphatic heterocycles. The van der Waals surface area contributed by atoms with E-state index in [-0.39, 0.29) is 11.5 Å². The second-order valence-electron chi connectivity index (χ2n) is 7.32. The maximum Gasteiger partial charge on any atom is 0.124 e. The summed E-state index contributed by atoms with van der Waals surface area (Å²) in [6.45, 7) is 4.19. The minimum Gasteiger partial charge on any atom is -0.488 e. The van der Waals surface area contributed by atoms with Crippen LogP contribution in [-0.4, -0.2) is 10.6 Å². The monoisotopic (exact) mass is 340 g/mol. The Bertz CT molecular complexity index is 969. The molecule has 0 amide bonds. The highest BCUT2D eigenvalue weighted by atomic mass is 16.5. The second kappa shape index (κ2) is 6.31. The molecule has 3 aromatic rings. The van der Waals surface area contributed by atoms with Gasteiger partial charge in [0.2, 0.25) is 0 Å². The van der Waals surface area contributed by atoms with E-state index < -0.39 is 0 Å². The third-order valence-electron chi connectivity index (χ3n) is 4.85. The molecule has 0 saturated heterocycles. The fourth-order valence-electron chi connectivity index (χ4n) is 3.60. The van der Waals surface area contributed by atoms with Gasteiger partial charge in [0.1, 0.15) is 11.4 Å². The van der Waals surface area contributed by atoms with Crippen molar-refractivity contribution >= 4 is 0 Å². The summed E-state index contributed by atoms with van der Waals surface area (Å²) < 4.78 is 6.13. The van der Waals surface area contributed by atoms with Crippen LogP contribution in [0.15, 0.2) is 66.9 Å². The van der Waals surface area contributed by atoms with E-state index in [4.69, 9.17) is 9.72 Å². The van der Waals surface area contributed by atoms with Crippen LogP contribution in [0.1, 0.15) is 43.0 Å². The summed E-state index contributed by atoms with van der Waals surface area (Å²) in [7, 11) is 0. The molecule has 2 aromatic carbocycles. The maximum atomic E-state index is 9.25. The number of benzene rings is 2. The Morgan fingerprint density at radius 2 is 1.85 bits per heavy atom. The molecule has 0 radical (unpaired) electrons. The molecule has 0 spiro atoms. The van der Waals surface area contributed by atoms with E-state index in [2.05, 4.69) is 44.2 Å². The third-order valence-corrected chi connectivity index (χ3v) is 4.85. The van der Waals surface area contributed by atoms with Crippen LogP contribution in [-0.2, 0) is 0 Å². The van der Waals surface area contributed by atoms with Crippen molar-refractivity contribution < 1.29 is 4.74 Å². The van der Waals surface area contributed by atoms with Gasteiger partial charge in [-0.3, -0.25) is 4.98 Å². The van der Waals surface area contributed by atoms with Gasteiger partial charge in [-0.1, -0.05) is 36.4 Å². The molecule has 1 atom stereocenters. The minimum atomic E-state index is -0.272. The maximum absolute atomic E-state index is 9.25. The second-order valence-corrected chi connectivity index (χ2v) is 7.32. The average Bonchev–Trinajstić information content (AvgIpc) is 2.67. The van der Waals surface area contributed by atoms with Crippen LogP contribution >= 0.6 is 0 Å². The average molecular weight is 340 g/mol. The zero-order valence-electron chi connectivity index (χ0n) is 14.9. The summed E-state index contributed by atoms with van der Waals surface area (Å²) in [5, 5.41) is 9.25. The molecule has 0 saturated carbocycles. The lowest BCUT2D eigenvalue weighted by atomic mass is 9.81. The summed E-state index contributed by atoms with van der Waals surface area (Å²) in [6, 6.07) is 22.3. The molecule has 3 nitrogen and oxygen atoms in total. The van der Waals surface area contributed by atoms with Gasteiger partial charge in [0, 0.05) is 28.9 Å². The Balaban J connectivity index is 1.74. The van der Waals surface area contributed by atoms with Crippen molar-refractivity contribution in [2.75, 3.05) is 0 Å². The molecule has 4 rings (SSSR count). The van der Waals surface area contributed by atoms with E-state index in [0.717, 1.165) is 34.6 Å². The Hall–Kier alpha value is -3.12. The molecule has 1 unspecified atom stereocenters. The molecular weight excluding hydrogens is 320 g/mol. The van der Waals surface area contributed by atoms with Crippen molar-refractivity contribution in [3.05, 3.63) is 83.7 Å². The predicted molar refractivity (Wildman–Crippen MR) is 102 cm³/mol. The van der Waals surface area contributed by atoms with Crippen LogP contribution in [0, 0.1) is 11.3 Å². The zero-order chi connectivity index (χ0) is 18.1. The molecule has 1 aromatic heterocycles. The van der Waals surface area contributed by atoms with Gasteiger partial charge < -0.3 is 4.74 Å². The predicted octanol–water partition coefficient (Wildman–Crippen LogP) is 5.31. The highest BCUT2D eigenvalue weighted by molar-refractivity contribution is 5.62. The summed E-state index contributed by atoms with van der Waals surface area (Å²) in [4.78, 5) is 4.76. The van der Waals surface area contributed by atoms with Crippen LogP contribution in [0.5, 0.6) is 5.75 Å². The van der Waals surface area contributed by atoms with E-state index in [1.54, 1.807) is 0 Å². The normalized spacial score (nSPS) is 17.7. The molecule has 0 fully saturated rings. The number of hydrogen-bond donors (Lipinski definition) is 0. The van der Waals surface area contributed by atoms with Gasteiger partial charge in [-0.15, -0.1) is 0 Å². The van der Waals surface area contributed by atoms with E-state index in [9.17, 15) is 5.26 Å². The molecule has 26 heavy (non-hydrogen) atoms. The number of pyridine rings is 1. The molecule has 0 aliphatic carbocycles. The smallest absolute Gasteiger partial charge is 0.124 e. The Labute approximate surface area is 153 Å². The van der Waals surface area contributed by atoms with E-state index in [1.165, 1.54) is 0 Å². The fraction of sp³-hybridized carbons (Fsp3) is 0.217. The first-order valence-electron chi connectivity index (χ1n) is 8.80. The molecule has 128 valence electrons. The lowest BCUT2D eigenvalue weighted by Gasteiger charge is -2.37. The number of hydrogen-bond acceptors (Lipinski definition) is 3. The van der Waals surface area contributed by atoms with Gasteiger partial charge in [-0.2, -0.15) is 5.26 Å². The Morgan fingerprint density at radius 1 is 1.04 bits per heavy atom. The van der Waals surface area contributed by atoms with Crippen molar-refractivity contribution in [3.63, 3.8) is 0 Å². The van der Waals surface area contributed by atoms with Crippen molar-refractivity contribution in [2.24, 2.45) is 0 Å². The van der Waals surface area contributed by atoms with E-state index in [0.29, 0.717) is 5.56 Å². The highest BCUT2D eigenvalue weighted by Gasteiger charge is 2.35. The first-order chi connectivity index (χ1) is 12.6. The summed E-state index contributed by atoms with van der Waals surface area (Å²) >= 11 is 0. The van der Waals surface area contributed by atoms with Crippen molar-refractivity contribution in [3.8, 4) is 22.9 Å². The van der Waals surface area contributed by atoms with Crippen molar-refractivity contribution in [1.82, 2.24) is 4.98 Å². The van der Waals surface area contributed by atoms with Crippen molar-refractivity contribution in [1.29, 1.82) is 5.26 Å². The largest absolute Gasteiger partial charge is 0.488 e. The number of rotatable bonds is 2. The molecule has 1 aliphatic rings. The number of fused-ring (bicyclic) bond motifs is 1. The summed E-state index contributed by atoms with van der Waals surface area (Å²) in [6.07, 6.45) is 2.76. The number of nitrogens with zero attached hydrogens (tertiary/aromatic N) is 2. The molecule has 0 bridgehead atoms. The fourth-order valence-corrected chi connectivity index (χ4v) is 3.60. The molecule has 3 heteroatoms. The SMILES string of the molecule is CC1(C)CC(c2ccc(-c3ccccc3)cn2)c2cc(C#N)ccc2O1. The lowest BCUT2D eigenvalue weighted by molar-refractivity contribution is 0.0769. The third kappa shape index (κ3) is 3.07. The number of ether oxygens (including phenoxy) is 1. The molecule has 2 heterocycles. The number of aromatic nitrogens is 1. The zero-order valence-corrected chi connectivity index (χ0v) is 14.9. The van der Waals surface area contributed by atoms with Crippen molar-refractivity contribution in [2.45, 2.75) is 31.8 Å². The number of nitriles is 1. The van der Waals surface area contributed by atoms with E-state index >= 15 is 0 Å². The summed E-state index contributed by atoms with van der Waals surface area (Å²) in [5.41, 5.74) is 4.70. The minimum absolute atomic E-state index is 0.117. The van der Waals surface area contributed by atoms with Crippen LogP contribution in [0.3, 0.4) is 0 Å². The van der Waals surface area contributed by atoms with E-state index in [1.807, 2.05) is 42.6 Å². The standard InChI is InChI=1S/C23H20N2O/c1-23(2)13-20(19-12-16(14-24)8-11-22(19)26-23)21-10-9-18(15-25-21)17-6-4-3-5-7-17/h3-12,15,20H,13H2,1-2H3. The van der Waals surface area contributed by atoms with Crippen LogP contribution in [0.2, 0.25) is 0 Å². The van der Waals surface area contributed by atoms with Gasteiger partial charge in [-0.25, -0.2) is 0 Å². The van der Waals surface area contributed by atoms with Gasteiger partial charge >= 0.3 is 0 Å². The van der Waals surface area contributed by atoms with Crippen LogP contribution in [0.25, 0.3) is 11.1 Å². The first kappa shape index (κ1) is 16.4. The molecular formula is C23H20N2O. The highest BCUT2D eigenvalue weighted by Crippen LogP contribution is 2.44. The van der Waals surface area contributed by atoms with Gasteiger partial charge in [0.25, 0.3) is 0 Å². The van der Waals surface area contributed by atoms with Gasteiger partial charge in [0.05, 0.1) is 11.6 Å². The van der Waals surface area contributed by atoms with Crippen LogP contribution < -0.4 is 4.74 Å². The summed E-state index contributed by atoms with van der Waals surface area (Å²) in [5.74, 6) is 0.964. The lowest BCUT2D eigenvalue weighted by Crippen LogP contribution is -2.35. The van der Waals surface area contributed by atoms with Gasteiger partial charge in [0.15, 0.2) is 0 Å². The topological polar surface area (TPSA) is 45.9 Å². The first-order valence-corrected chi connectivity index (χ1v) is 8.80. The Morgan fingerprint density at radius 3 is 2.54 bits per heavy atom. The molecule has 0 N–H and O–H groups in total. The quantitative estimate of drug-likeness (QED) is 0.635. The van der Waals surface area contributed by atoms with Gasteiger partial charge in [-0.05, 0) is 50.1 Å². The Kier molecular flexibility index (Phi) is 3.97.